The Morgan fingerprint density at radius 2 is 2.43 bits per heavy atom. The highest BCUT2D eigenvalue weighted by atomic mass is 16.4. The Labute approximate surface area is 81.1 Å². The van der Waals surface area contributed by atoms with Crippen LogP contribution in [0.15, 0.2) is 4.42 Å². The molecule has 0 atom stereocenters. The number of anilines is 1. The van der Waals surface area contributed by atoms with Crippen molar-refractivity contribution in [3.05, 3.63) is 5.89 Å². The number of aryl methyl sites for hydroxylation is 1. The Hall–Kier alpha value is -2.03. The molecule has 6 heteroatoms. The number of carbonyl (C=O) groups excluding carboxylic acids is 1. The Morgan fingerprint density at radius 1 is 1.64 bits per heavy atom. The Balaban J connectivity index is 2.27. The van der Waals surface area contributed by atoms with Crippen LogP contribution in [0.25, 0.3) is 0 Å². The first-order valence-electron chi connectivity index (χ1n) is 3.96. The molecule has 1 rings (SSSR count). The summed E-state index contributed by atoms with van der Waals surface area (Å²) < 4.78 is 4.98. The predicted molar refractivity (Wildman–Crippen MR) is 49.4 cm³/mol. The summed E-state index contributed by atoms with van der Waals surface area (Å²) >= 11 is 0. The molecule has 0 aliphatic heterocycles. The zero-order valence-electron chi connectivity index (χ0n) is 7.70. The third-order valence-corrected chi connectivity index (χ3v) is 1.31. The topological polar surface area (TPSA) is 80.0 Å². The molecule has 0 aliphatic carbocycles. The van der Waals surface area contributed by atoms with Crippen LogP contribution in [0, 0.1) is 19.3 Å². The fraction of sp³-hybridized carbons (Fsp3) is 0.375. The lowest BCUT2D eigenvalue weighted by atomic mass is 10.5. The van der Waals surface area contributed by atoms with Gasteiger partial charge in [0.05, 0.1) is 13.1 Å². The molecule has 6 nitrogen and oxygen atoms in total. The van der Waals surface area contributed by atoms with Crippen molar-refractivity contribution in [2.24, 2.45) is 0 Å². The van der Waals surface area contributed by atoms with Gasteiger partial charge in [0.2, 0.25) is 11.8 Å². The minimum absolute atomic E-state index is 0.0588. The van der Waals surface area contributed by atoms with Crippen LogP contribution < -0.4 is 10.6 Å². The van der Waals surface area contributed by atoms with Crippen molar-refractivity contribution in [2.45, 2.75) is 6.92 Å². The fourth-order valence-electron chi connectivity index (χ4n) is 0.736. The van der Waals surface area contributed by atoms with Gasteiger partial charge in [-0.2, -0.15) is 0 Å². The monoisotopic (exact) mass is 194 g/mol. The fourth-order valence-corrected chi connectivity index (χ4v) is 0.736. The number of rotatable bonds is 4. The van der Waals surface area contributed by atoms with Crippen molar-refractivity contribution in [1.29, 1.82) is 0 Å². The lowest BCUT2D eigenvalue weighted by Crippen LogP contribution is -2.30. The van der Waals surface area contributed by atoms with Crippen molar-refractivity contribution < 1.29 is 9.21 Å². The number of hydrogen-bond acceptors (Lipinski definition) is 5. The summed E-state index contributed by atoms with van der Waals surface area (Å²) in [7, 11) is 0. The van der Waals surface area contributed by atoms with Gasteiger partial charge in [0, 0.05) is 6.92 Å². The number of hydrogen-bond donors (Lipinski definition) is 2. The van der Waals surface area contributed by atoms with E-state index in [4.69, 9.17) is 10.8 Å². The van der Waals surface area contributed by atoms with E-state index in [1.54, 1.807) is 6.92 Å². The molecule has 1 heterocycles. The quantitative estimate of drug-likeness (QED) is 0.634. The number of aromatic nitrogens is 2. The molecule has 0 unspecified atom stereocenters. The van der Waals surface area contributed by atoms with Gasteiger partial charge in [-0.05, 0) is 0 Å². The molecule has 14 heavy (non-hydrogen) atoms. The highest BCUT2D eigenvalue weighted by Gasteiger charge is 2.03. The molecule has 0 saturated carbocycles. The van der Waals surface area contributed by atoms with Crippen molar-refractivity contribution in [3.8, 4) is 12.3 Å². The SMILES string of the molecule is C#CCNC(=O)CNc1nnc(C)o1. The molecule has 0 radical (unpaired) electrons. The van der Waals surface area contributed by atoms with E-state index in [0.717, 1.165) is 0 Å². The van der Waals surface area contributed by atoms with Crippen LogP contribution >= 0.6 is 0 Å². The highest BCUT2D eigenvalue weighted by Crippen LogP contribution is 2.01. The molecule has 0 aliphatic rings. The van der Waals surface area contributed by atoms with Crippen LogP contribution in [-0.2, 0) is 4.79 Å². The summed E-state index contributed by atoms with van der Waals surface area (Å²) in [6.07, 6.45) is 4.96. The van der Waals surface area contributed by atoms with Crippen LogP contribution in [0.1, 0.15) is 5.89 Å². The summed E-state index contributed by atoms with van der Waals surface area (Å²) in [6, 6.07) is 0.221. The van der Waals surface area contributed by atoms with Gasteiger partial charge >= 0.3 is 6.01 Å². The number of nitrogens with zero attached hydrogens (tertiary/aromatic N) is 2. The van der Waals surface area contributed by atoms with Gasteiger partial charge in [-0.15, -0.1) is 11.5 Å². The number of nitrogens with one attached hydrogen (secondary N) is 2. The first kappa shape index (κ1) is 10.1. The van der Waals surface area contributed by atoms with Gasteiger partial charge in [-0.3, -0.25) is 4.79 Å². The van der Waals surface area contributed by atoms with E-state index in [2.05, 4.69) is 26.8 Å². The van der Waals surface area contributed by atoms with Crippen LogP contribution in [0.4, 0.5) is 6.01 Å². The molecule has 74 valence electrons. The average Bonchev–Trinajstić information content (AvgIpc) is 2.58. The largest absolute Gasteiger partial charge is 0.408 e. The van der Waals surface area contributed by atoms with Gasteiger partial charge in [-0.1, -0.05) is 11.0 Å². The van der Waals surface area contributed by atoms with Crippen molar-refractivity contribution in [1.82, 2.24) is 15.5 Å². The van der Waals surface area contributed by atoms with Crippen LogP contribution in [0.5, 0.6) is 0 Å². The second kappa shape index (κ2) is 4.87. The third-order valence-electron chi connectivity index (χ3n) is 1.31. The van der Waals surface area contributed by atoms with Gasteiger partial charge < -0.3 is 15.1 Å². The Morgan fingerprint density at radius 3 is 3.00 bits per heavy atom. The predicted octanol–water partition coefficient (Wildman–Crippen LogP) is -0.461. The van der Waals surface area contributed by atoms with Crippen molar-refractivity contribution in [3.63, 3.8) is 0 Å². The van der Waals surface area contributed by atoms with Gasteiger partial charge in [0.15, 0.2) is 0 Å². The molecule has 0 spiro atoms. The Bertz CT molecular complexity index is 352. The second-order valence-electron chi connectivity index (χ2n) is 2.46. The van der Waals surface area contributed by atoms with E-state index in [9.17, 15) is 4.79 Å². The third kappa shape index (κ3) is 3.15. The summed E-state index contributed by atoms with van der Waals surface area (Å²) in [5, 5.41) is 12.4. The van der Waals surface area contributed by atoms with Gasteiger partial charge in [0.1, 0.15) is 0 Å². The average molecular weight is 194 g/mol. The summed E-state index contributed by atoms with van der Waals surface area (Å²) in [5.74, 6) is 2.51. The van der Waals surface area contributed by atoms with E-state index in [1.165, 1.54) is 0 Å². The summed E-state index contributed by atoms with van der Waals surface area (Å²) in [5.41, 5.74) is 0. The van der Waals surface area contributed by atoms with Crippen molar-refractivity contribution >= 4 is 11.9 Å². The first-order chi connectivity index (χ1) is 6.72. The maximum atomic E-state index is 11.0. The minimum atomic E-state index is -0.223. The Kier molecular flexibility index (Phi) is 3.49. The highest BCUT2D eigenvalue weighted by molar-refractivity contribution is 5.80. The first-order valence-corrected chi connectivity index (χ1v) is 3.96. The van der Waals surface area contributed by atoms with Crippen LogP contribution in [0.3, 0.4) is 0 Å². The maximum absolute atomic E-state index is 11.0. The standard InChI is InChI=1S/C8H10N4O2/c1-3-4-9-7(13)5-10-8-12-11-6(2)14-8/h1H,4-5H2,2H3,(H,9,13)(H,10,12). The molecule has 2 N–H and O–H groups in total. The summed E-state index contributed by atoms with van der Waals surface area (Å²) in [4.78, 5) is 11.0. The molecule has 0 saturated heterocycles. The van der Waals surface area contributed by atoms with Gasteiger partial charge in [-0.25, -0.2) is 0 Å². The van der Waals surface area contributed by atoms with Crippen LogP contribution in [-0.4, -0.2) is 29.2 Å². The van der Waals surface area contributed by atoms with E-state index < -0.39 is 0 Å². The molecule has 0 fully saturated rings. The molecule has 1 aromatic rings. The van der Waals surface area contributed by atoms with Crippen molar-refractivity contribution in [2.75, 3.05) is 18.4 Å². The normalized spacial score (nSPS) is 9.14. The van der Waals surface area contributed by atoms with Crippen LogP contribution in [0.2, 0.25) is 0 Å². The van der Waals surface area contributed by atoms with E-state index >= 15 is 0 Å². The molecule has 0 bridgehead atoms. The molecule has 1 amide bonds. The lowest BCUT2D eigenvalue weighted by Gasteiger charge is -2.00. The number of carbonyl (C=O) groups is 1. The molecule has 0 aromatic carbocycles. The maximum Gasteiger partial charge on any atom is 0.315 e. The molecular weight excluding hydrogens is 184 g/mol. The number of terminal acetylenes is 1. The molecular formula is C8H10N4O2. The minimum Gasteiger partial charge on any atom is -0.408 e. The van der Waals surface area contributed by atoms with E-state index in [-0.39, 0.29) is 25.0 Å². The summed E-state index contributed by atoms with van der Waals surface area (Å²) in [6.45, 7) is 1.93. The zero-order chi connectivity index (χ0) is 10.4. The number of amides is 1. The van der Waals surface area contributed by atoms with Gasteiger partial charge in [0.25, 0.3) is 0 Å². The lowest BCUT2D eigenvalue weighted by molar-refractivity contribution is -0.119. The van der Waals surface area contributed by atoms with E-state index in [0.29, 0.717) is 5.89 Å². The second-order valence-corrected chi connectivity index (χ2v) is 2.46. The smallest absolute Gasteiger partial charge is 0.315 e. The zero-order valence-corrected chi connectivity index (χ0v) is 7.70. The molecule has 1 aromatic heterocycles. The van der Waals surface area contributed by atoms with E-state index in [1.807, 2.05) is 0 Å².